The molecule has 6 heteroatoms. The van der Waals surface area contributed by atoms with Crippen LogP contribution >= 0.6 is 11.3 Å². The summed E-state index contributed by atoms with van der Waals surface area (Å²) in [6.07, 6.45) is 8.39. The van der Waals surface area contributed by atoms with Crippen molar-refractivity contribution in [2.45, 2.75) is 31.4 Å². The summed E-state index contributed by atoms with van der Waals surface area (Å²) in [5.41, 5.74) is 0. The van der Waals surface area contributed by atoms with Crippen LogP contribution in [0.2, 0.25) is 0 Å². The molecule has 2 aliphatic rings. The van der Waals surface area contributed by atoms with Gasteiger partial charge in [-0.25, -0.2) is 4.98 Å². The van der Waals surface area contributed by atoms with Gasteiger partial charge in [-0.3, -0.25) is 4.79 Å². The van der Waals surface area contributed by atoms with Crippen LogP contribution in [-0.2, 0) is 4.74 Å². The Kier molecular flexibility index (Phi) is 4.14. The summed E-state index contributed by atoms with van der Waals surface area (Å²) >= 11 is 1.41. The highest BCUT2D eigenvalue weighted by atomic mass is 32.1. The molecule has 3 rings (SSSR count). The van der Waals surface area contributed by atoms with Gasteiger partial charge in [-0.2, -0.15) is 0 Å². The van der Waals surface area contributed by atoms with E-state index in [1.165, 1.54) is 11.3 Å². The maximum absolute atomic E-state index is 12.1. The number of thiazole rings is 1. The molecular formula is C14H18N2O3S. The zero-order valence-electron chi connectivity index (χ0n) is 11.1. The average molecular weight is 294 g/mol. The Morgan fingerprint density at radius 1 is 1.55 bits per heavy atom. The number of hydrogen-bond donors (Lipinski definition) is 2. The molecule has 3 atom stereocenters. The lowest BCUT2D eigenvalue weighted by Crippen LogP contribution is -2.32. The van der Waals surface area contributed by atoms with Crippen molar-refractivity contribution in [3.05, 3.63) is 28.2 Å². The first kappa shape index (κ1) is 13.7. The summed E-state index contributed by atoms with van der Waals surface area (Å²) in [6.45, 7) is 0.911. The number of ether oxygens (including phenoxy) is 1. The fourth-order valence-corrected chi connectivity index (χ4v) is 3.48. The molecule has 1 amide bonds. The van der Waals surface area contributed by atoms with Gasteiger partial charge in [-0.1, -0.05) is 12.2 Å². The van der Waals surface area contributed by atoms with E-state index in [1.807, 2.05) is 12.2 Å². The zero-order valence-corrected chi connectivity index (χ0v) is 11.9. The number of nitrogens with zero attached hydrogens (tertiary/aromatic N) is 1. The quantitative estimate of drug-likeness (QED) is 0.829. The zero-order chi connectivity index (χ0) is 13.9. The van der Waals surface area contributed by atoms with E-state index in [9.17, 15) is 4.79 Å². The summed E-state index contributed by atoms with van der Waals surface area (Å²) in [6, 6.07) is 0.00734. The number of nitrogens with one attached hydrogen (secondary N) is 1. The van der Waals surface area contributed by atoms with Gasteiger partial charge in [0.25, 0.3) is 5.91 Å². The molecule has 1 aliphatic carbocycles. The third-order valence-corrected chi connectivity index (χ3v) is 4.76. The summed E-state index contributed by atoms with van der Waals surface area (Å²) < 4.78 is 5.57. The van der Waals surface area contributed by atoms with Gasteiger partial charge in [-0.05, 0) is 19.3 Å². The molecule has 2 N–H and O–H groups in total. The van der Waals surface area contributed by atoms with Crippen molar-refractivity contribution in [2.75, 3.05) is 13.2 Å². The molecule has 1 aromatic heterocycles. The largest absolute Gasteiger partial charge is 0.396 e. The number of amides is 1. The number of rotatable bonds is 4. The van der Waals surface area contributed by atoms with Crippen LogP contribution in [0.1, 0.15) is 40.0 Å². The van der Waals surface area contributed by atoms with Crippen molar-refractivity contribution in [1.29, 1.82) is 0 Å². The van der Waals surface area contributed by atoms with Gasteiger partial charge in [0, 0.05) is 25.2 Å². The summed E-state index contributed by atoms with van der Waals surface area (Å²) in [4.78, 5) is 17.1. The second kappa shape index (κ2) is 6.03. The number of hydrogen-bond acceptors (Lipinski definition) is 5. The van der Waals surface area contributed by atoms with Gasteiger partial charge in [0.05, 0.1) is 6.20 Å². The van der Waals surface area contributed by atoms with Gasteiger partial charge in [0.2, 0.25) is 0 Å². The first-order valence-electron chi connectivity index (χ1n) is 6.93. The fraction of sp³-hybridized carbons (Fsp3) is 0.571. The van der Waals surface area contributed by atoms with Crippen LogP contribution in [0, 0.1) is 5.92 Å². The van der Waals surface area contributed by atoms with Crippen molar-refractivity contribution in [2.24, 2.45) is 5.92 Å². The van der Waals surface area contributed by atoms with Crippen molar-refractivity contribution < 1.29 is 14.6 Å². The standard InChI is InChI=1S/C14H18N2O3S/c17-8-9-3-4-10(6-9)16-13(18)12-7-15-14(20-12)11-2-1-5-19-11/h3-4,7,9-11,17H,1-2,5-6,8H2,(H,16,18)/t9-,10+,11?/m0/s1. The number of aliphatic hydroxyl groups excluding tert-OH is 1. The fourth-order valence-electron chi connectivity index (χ4n) is 2.57. The van der Waals surface area contributed by atoms with E-state index >= 15 is 0 Å². The number of carbonyl (C=O) groups is 1. The van der Waals surface area contributed by atoms with E-state index in [-0.39, 0.29) is 30.6 Å². The summed E-state index contributed by atoms with van der Waals surface area (Å²) in [5.74, 6) is 0.0594. The second-order valence-corrected chi connectivity index (χ2v) is 6.27. The van der Waals surface area contributed by atoms with Crippen molar-refractivity contribution >= 4 is 17.2 Å². The molecule has 2 heterocycles. The Morgan fingerprint density at radius 3 is 3.15 bits per heavy atom. The Balaban J connectivity index is 1.59. The van der Waals surface area contributed by atoms with Gasteiger partial charge in [0.15, 0.2) is 0 Å². The minimum absolute atomic E-state index is 0.00734. The number of carbonyl (C=O) groups excluding carboxylic acids is 1. The highest BCUT2D eigenvalue weighted by Gasteiger charge is 2.24. The highest BCUT2D eigenvalue weighted by molar-refractivity contribution is 7.13. The Morgan fingerprint density at radius 2 is 2.45 bits per heavy atom. The van der Waals surface area contributed by atoms with E-state index < -0.39 is 0 Å². The number of aliphatic hydroxyl groups is 1. The van der Waals surface area contributed by atoms with Crippen LogP contribution in [0.25, 0.3) is 0 Å². The smallest absolute Gasteiger partial charge is 0.263 e. The molecule has 1 aromatic rings. The summed E-state index contributed by atoms with van der Waals surface area (Å²) in [7, 11) is 0. The molecule has 0 saturated carbocycles. The molecule has 108 valence electrons. The molecule has 0 spiro atoms. The molecular weight excluding hydrogens is 276 g/mol. The number of aromatic nitrogens is 1. The van der Waals surface area contributed by atoms with Crippen LogP contribution in [0.5, 0.6) is 0 Å². The molecule has 1 unspecified atom stereocenters. The lowest BCUT2D eigenvalue weighted by atomic mass is 10.1. The first-order chi connectivity index (χ1) is 9.76. The molecule has 20 heavy (non-hydrogen) atoms. The molecule has 0 radical (unpaired) electrons. The van der Waals surface area contributed by atoms with Crippen LogP contribution in [0.15, 0.2) is 18.3 Å². The molecule has 1 saturated heterocycles. The van der Waals surface area contributed by atoms with E-state index in [4.69, 9.17) is 9.84 Å². The second-order valence-electron chi connectivity index (χ2n) is 5.21. The summed E-state index contributed by atoms with van der Waals surface area (Å²) in [5, 5.41) is 12.9. The van der Waals surface area contributed by atoms with Crippen LogP contribution < -0.4 is 5.32 Å². The first-order valence-corrected chi connectivity index (χ1v) is 7.75. The molecule has 1 aliphatic heterocycles. The van der Waals surface area contributed by atoms with Gasteiger partial charge >= 0.3 is 0 Å². The predicted octanol–water partition coefficient (Wildman–Crippen LogP) is 1.66. The van der Waals surface area contributed by atoms with Crippen molar-refractivity contribution in [3.63, 3.8) is 0 Å². The molecule has 0 aromatic carbocycles. The van der Waals surface area contributed by atoms with Gasteiger partial charge in [0.1, 0.15) is 16.0 Å². The molecule has 0 bridgehead atoms. The average Bonchev–Trinajstić information content (AvgIpc) is 3.19. The van der Waals surface area contributed by atoms with Crippen LogP contribution in [-0.4, -0.2) is 35.3 Å². The maximum Gasteiger partial charge on any atom is 0.263 e. The van der Waals surface area contributed by atoms with E-state index in [0.29, 0.717) is 4.88 Å². The Hall–Kier alpha value is -1.24. The predicted molar refractivity (Wildman–Crippen MR) is 75.6 cm³/mol. The van der Waals surface area contributed by atoms with E-state index in [0.717, 1.165) is 30.9 Å². The van der Waals surface area contributed by atoms with E-state index in [1.54, 1.807) is 6.20 Å². The molecule has 5 nitrogen and oxygen atoms in total. The monoisotopic (exact) mass is 294 g/mol. The Bertz CT molecular complexity index is 508. The SMILES string of the molecule is O=C(N[C@@H]1C=C[C@H](CO)C1)c1cnc(C2CCCO2)s1. The highest BCUT2D eigenvalue weighted by Crippen LogP contribution is 2.31. The van der Waals surface area contributed by atoms with Gasteiger partial charge < -0.3 is 15.2 Å². The van der Waals surface area contributed by atoms with Crippen molar-refractivity contribution in [1.82, 2.24) is 10.3 Å². The lowest BCUT2D eigenvalue weighted by Gasteiger charge is -2.11. The minimum Gasteiger partial charge on any atom is -0.396 e. The maximum atomic E-state index is 12.1. The van der Waals surface area contributed by atoms with Crippen molar-refractivity contribution in [3.8, 4) is 0 Å². The van der Waals surface area contributed by atoms with E-state index in [2.05, 4.69) is 10.3 Å². The minimum atomic E-state index is -0.0972. The van der Waals surface area contributed by atoms with Crippen LogP contribution in [0.4, 0.5) is 0 Å². The topological polar surface area (TPSA) is 71.5 Å². The third-order valence-electron chi connectivity index (χ3n) is 3.68. The molecule has 1 fully saturated rings. The Labute approximate surface area is 121 Å². The lowest BCUT2D eigenvalue weighted by molar-refractivity contribution is 0.0945. The van der Waals surface area contributed by atoms with Gasteiger partial charge in [-0.15, -0.1) is 11.3 Å². The normalized spacial score (nSPS) is 28.9. The van der Waals surface area contributed by atoms with Crippen LogP contribution in [0.3, 0.4) is 0 Å². The third kappa shape index (κ3) is 2.92.